The zero-order valence-corrected chi connectivity index (χ0v) is 12.1. The zero-order chi connectivity index (χ0) is 13.0. The lowest BCUT2D eigenvalue weighted by molar-refractivity contribution is 0.371. The van der Waals surface area contributed by atoms with Gasteiger partial charge in [-0.2, -0.15) is 0 Å². The number of aryl methyl sites for hydroxylation is 1. The zero-order valence-electron chi connectivity index (χ0n) is 11.3. The minimum Gasteiger partial charge on any atom is -0.326 e. The van der Waals surface area contributed by atoms with Gasteiger partial charge in [0, 0.05) is 6.54 Å². The number of halogens is 1. The van der Waals surface area contributed by atoms with Crippen molar-refractivity contribution in [2.75, 3.05) is 0 Å². The third-order valence-electron chi connectivity index (χ3n) is 4.91. The van der Waals surface area contributed by atoms with Gasteiger partial charge in [-0.05, 0) is 61.6 Å². The molecule has 0 saturated heterocycles. The van der Waals surface area contributed by atoms with Crippen LogP contribution in [0.5, 0.6) is 0 Å². The Balaban J connectivity index is 1.78. The van der Waals surface area contributed by atoms with Crippen molar-refractivity contribution < 1.29 is 0 Å². The topological polar surface area (TPSA) is 17.8 Å². The lowest BCUT2D eigenvalue weighted by atomic mass is 10.0. The van der Waals surface area contributed by atoms with E-state index in [-0.39, 0.29) is 0 Å². The van der Waals surface area contributed by atoms with Gasteiger partial charge in [0.25, 0.3) is 0 Å². The molecule has 2 nitrogen and oxygen atoms in total. The number of benzene rings is 1. The van der Waals surface area contributed by atoms with Crippen molar-refractivity contribution in [3.63, 3.8) is 0 Å². The van der Waals surface area contributed by atoms with Crippen LogP contribution in [-0.2, 0) is 12.4 Å². The fourth-order valence-corrected chi connectivity index (χ4v) is 3.64. The molecule has 0 spiro atoms. The molecule has 0 unspecified atom stereocenters. The molecule has 2 fully saturated rings. The molecule has 0 N–H and O–H groups in total. The highest BCUT2D eigenvalue weighted by Gasteiger charge is 2.54. The number of rotatable bonds is 4. The standard InChI is InChI=1S/C16H19ClN2/c1-11-2-5-14-13(8-11)18-15(9-17)19(14)10-16(6-7-16)12-3-4-12/h2,5,8,12H,3-4,6-7,9-10H2,1H3. The maximum absolute atomic E-state index is 6.10. The molecule has 0 radical (unpaired) electrons. The summed E-state index contributed by atoms with van der Waals surface area (Å²) in [5.74, 6) is 2.52. The van der Waals surface area contributed by atoms with Crippen LogP contribution in [0.2, 0.25) is 0 Å². The van der Waals surface area contributed by atoms with Gasteiger partial charge in [-0.25, -0.2) is 4.98 Å². The Morgan fingerprint density at radius 1 is 1.37 bits per heavy atom. The average molecular weight is 275 g/mol. The summed E-state index contributed by atoms with van der Waals surface area (Å²) in [5, 5.41) is 0. The number of fused-ring (bicyclic) bond motifs is 1. The van der Waals surface area contributed by atoms with Crippen molar-refractivity contribution in [3.8, 4) is 0 Å². The highest BCUT2D eigenvalue weighted by Crippen LogP contribution is 2.62. The molecule has 100 valence electrons. The van der Waals surface area contributed by atoms with Gasteiger partial charge in [0.05, 0.1) is 16.9 Å². The Morgan fingerprint density at radius 2 is 2.16 bits per heavy atom. The number of aromatic nitrogens is 2. The number of hydrogen-bond acceptors (Lipinski definition) is 1. The maximum atomic E-state index is 6.10. The molecule has 0 atom stereocenters. The van der Waals surface area contributed by atoms with Gasteiger partial charge >= 0.3 is 0 Å². The quantitative estimate of drug-likeness (QED) is 0.761. The van der Waals surface area contributed by atoms with Crippen LogP contribution in [0.25, 0.3) is 11.0 Å². The van der Waals surface area contributed by atoms with Crippen molar-refractivity contribution in [2.45, 2.75) is 45.0 Å². The van der Waals surface area contributed by atoms with E-state index in [1.54, 1.807) is 0 Å². The third kappa shape index (κ3) is 1.88. The van der Waals surface area contributed by atoms with Crippen molar-refractivity contribution in [2.24, 2.45) is 11.3 Å². The van der Waals surface area contributed by atoms with Crippen molar-refractivity contribution in [3.05, 3.63) is 29.6 Å². The summed E-state index contributed by atoms with van der Waals surface area (Å²) >= 11 is 6.10. The highest BCUT2D eigenvalue weighted by molar-refractivity contribution is 6.16. The van der Waals surface area contributed by atoms with Crippen molar-refractivity contribution in [1.29, 1.82) is 0 Å². The Morgan fingerprint density at radius 3 is 2.79 bits per heavy atom. The molecule has 2 aromatic rings. The molecule has 1 aromatic carbocycles. The fourth-order valence-electron chi connectivity index (χ4n) is 3.43. The van der Waals surface area contributed by atoms with Gasteiger partial charge in [-0.15, -0.1) is 11.6 Å². The summed E-state index contributed by atoms with van der Waals surface area (Å²) < 4.78 is 2.38. The van der Waals surface area contributed by atoms with E-state index < -0.39 is 0 Å². The summed E-state index contributed by atoms with van der Waals surface area (Å²) in [7, 11) is 0. The summed E-state index contributed by atoms with van der Waals surface area (Å²) in [4.78, 5) is 4.71. The fraction of sp³-hybridized carbons (Fsp3) is 0.562. The lowest BCUT2D eigenvalue weighted by Gasteiger charge is -2.17. The van der Waals surface area contributed by atoms with Crippen molar-refractivity contribution >= 4 is 22.6 Å². The van der Waals surface area contributed by atoms with E-state index in [0.717, 1.165) is 23.8 Å². The predicted octanol–water partition coefficient (Wildman–Crippen LogP) is 4.27. The molecule has 0 aliphatic heterocycles. The molecule has 2 saturated carbocycles. The first kappa shape index (κ1) is 11.8. The SMILES string of the molecule is Cc1ccc2c(c1)nc(CCl)n2CC1(C2CC2)CC1. The molecule has 0 bridgehead atoms. The van der Waals surface area contributed by atoms with Gasteiger partial charge in [-0.1, -0.05) is 6.07 Å². The Labute approximate surface area is 118 Å². The van der Waals surface area contributed by atoms with Gasteiger partial charge in [-0.3, -0.25) is 0 Å². The molecule has 4 rings (SSSR count). The lowest BCUT2D eigenvalue weighted by Crippen LogP contribution is -2.15. The smallest absolute Gasteiger partial charge is 0.124 e. The van der Waals surface area contributed by atoms with Gasteiger partial charge in [0.2, 0.25) is 0 Å². The minimum absolute atomic E-state index is 0.508. The third-order valence-corrected chi connectivity index (χ3v) is 5.15. The molecular weight excluding hydrogens is 256 g/mol. The molecule has 3 heteroatoms. The highest BCUT2D eigenvalue weighted by atomic mass is 35.5. The monoisotopic (exact) mass is 274 g/mol. The van der Waals surface area contributed by atoms with Gasteiger partial charge in [0.15, 0.2) is 0 Å². The van der Waals surface area contributed by atoms with Crippen LogP contribution < -0.4 is 0 Å². The summed E-state index contributed by atoms with van der Waals surface area (Å²) in [6.45, 7) is 3.24. The van der Waals surface area contributed by atoms with E-state index in [1.165, 1.54) is 36.8 Å². The first-order valence-corrected chi connectivity index (χ1v) is 7.77. The van der Waals surface area contributed by atoms with Crippen LogP contribution >= 0.6 is 11.6 Å². The van der Waals surface area contributed by atoms with Crippen molar-refractivity contribution in [1.82, 2.24) is 9.55 Å². The Kier molecular flexibility index (Phi) is 2.47. The summed E-state index contributed by atoms with van der Waals surface area (Å²) in [6.07, 6.45) is 5.65. The van der Waals surface area contributed by atoms with Crippen LogP contribution in [0.3, 0.4) is 0 Å². The van der Waals surface area contributed by atoms with Gasteiger partial charge < -0.3 is 4.57 Å². The van der Waals surface area contributed by atoms with E-state index in [4.69, 9.17) is 16.6 Å². The largest absolute Gasteiger partial charge is 0.326 e. The van der Waals surface area contributed by atoms with E-state index >= 15 is 0 Å². The van der Waals surface area contributed by atoms with Crippen LogP contribution in [0.15, 0.2) is 18.2 Å². The Hall–Kier alpha value is -1.02. The first-order valence-electron chi connectivity index (χ1n) is 7.24. The molecule has 2 aliphatic carbocycles. The van der Waals surface area contributed by atoms with Crippen LogP contribution in [0.1, 0.15) is 37.1 Å². The van der Waals surface area contributed by atoms with Crippen LogP contribution in [-0.4, -0.2) is 9.55 Å². The second kappa shape index (κ2) is 3.99. The second-order valence-electron chi connectivity index (χ2n) is 6.38. The maximum Gasteiger partial charge on any atom is 0.124 e. The molecule has 1 aromatic heterocycles. The minimum atomic E-state index is 0.508. The number of imidazole rings is 1. The first-order chi connectivity index (χ1) is 9.22. The van der Waals surface area contributed by atoms with E-state index in [2.05, 4.69) is 29.7 Å². The second-order valence-corrected chi connectivity index (χ2v) is 6.64. The molecule has 0 amide bonds. The molecule has 2 aliphatic rings. The van der Waals surface area contributed by atoms with E-state index in [1.807, 2.05) is 0 Å². The molecule has 19 heavy (non-hydrogen) atoms. The number of nitrogens with zero attached hydrogens (tertiary/aromatic N) is 2. The predicted molar refractivity (Wildman–Crippen MR) is 78.4 cm³/mol. The normalized spacial score (nSPS) is 20.9. The van der Waals surface area contributed by atoms with Crippen LogP contribution in [0.4, 0.5) is 0 Å². The van der Waals surface area contributed by atoms with Crippen LogP contribution in [0, 0.1) is 18.3 Å². The van der Waals surface area contributed by atoms with E-state index in [0.29, 0.717) is 11.3 Å². The molecule has 1 heterocycles. The molecular formula is C16H19ClN2. The van der Waals surface area contributed by atoms with E-state index in [9.17, 15) is 0 Å². The summed E-state index contributed by atoms with van der Waals surface area (Å²) in [6, 6.07) is 6.55. The summed E-state index contributed by atoms with van der Waals surface area (Å²) in [5.41, 5.74) is 4.20. The Bertz CT molecular complexity index is 635. The number of alkyl halides is 1. The average Bonchev–Trinajstić information content (AvgIpc) is 3.27. The number of hydrogen-bond donors (Lipinski definition) is 0. The van der Waals surface area contributed by atoms with Gasteiger partial charge in [0.1, 0.15) is 5.82 Å².